The fraction of sp³-hybridized carbons (Fsp3) is 0.429. The van der Waals surface area contributed by atoms with Gasteiger partial charge in [-0.1, -0.05) is 13.8 Å². The summed E-state index contributed by atoms with van der Waals surface area (Å²) in [6.45, 7) is 5.72. The van der Waals surface area contributed by atoms with Crippen LogP contribution in [-0.2, 0) is 32.7 Å². The molecular formula is C7H9N2Y+2. The van der Waals surface area contributed by atoms with E-state index < -0.39 is 0 Å². The average molecular weight is 210 g/mol. The van der Waals surface area contributed by atoms with E-state index in [1.54, 1.807) is 0 Å². The van der Waals surface area contributed by atoms with Crippen LogP contribution in [0.5, 0.6) is 0 Å². The molecule has 0 unspecified atom stereocenters. The fourth-order valence-electron chi connectivity index (χ4n) is 0.828. The van der Waals surface area contributed by atoms with Crippen molar-refractivity contribution in [2.75, 3.05) is 0 Å². The predicted molar refractivity (Wildman–Crippen MR) is 35.1 cm³/mol. The summed E-state index contributed by atoms with van der Waals surface area (Å²) >= 11 is 0. The van der Waals surface area contributed by atoms with Crippen LogP contribution in [0.2, 0.25) is 0 Å². The van der Waals surface area contributed by atoms with Crippen LogP contribution in [0.15, 0.2) is 0 Å². The molecule has 10 heavy (non-hydrogen) atoms. The fourth-order valence-corrected chi connectivity index (χ4v) is 0.828. The Morgan fingerprint density at radius 1 is 1.00 bits per heavy atom. The smallest absolute Gasteiger partial charge is 0.427 e. The maximum Gasteiger partial charge on any atom is 3.00 e. The molecule has 48 valence electrons. The van der Waals surface area contributed by atoms with Gasteiger partial charge in [0.25, 0.3) is 0 Å². The Kier molecular flexibility index (Phi) is 4.22. The number of aryl methyl sites for hydroxylation is 3. The number of hydrogen-bond donors (Lipinski definition) is 0. The summed E-state index contributed by atoms with van der Waals surface area (Å²) in [5, 5.41) is 0. The normalized spacial score (nSPS) is 8.70. The van der Waals surface area contributed by atoms with Crippen molar-refractivity contribution >= 4 is 0 Å². The summed E-state index contributed by atoms with van der Waals surface area (Å²) in [5.41, 5.74) is 1.83. The van der Waals surface area contributed by atoms with E-state index in [4.69, 9.17) is 0 Å². The molecule has 3 heteroatoms. The minimum absolute atomic E-state index is 0. The summed E-state index contributed by atoms with van der Waals surface area (Å²) < 4.78 is 0. The molecule has 1 rings (SSSR count). The van der Waals surface area contributed by atoms with Gasteiger partial charge >= 0.3 is 32.7 Å². The standard InChI is InChI=1S/C7H9N2.Y/c1-5-4-6(2)9-7(3)8-5;/h1-3H3;/q-1;+3. The number of hydrogen-bond acceptors (Lipinski definition) is 2. The van der Waals surface area contributed by atoms with Gasteiger partial charge in [0, 0.05) is 0 Å². The van der Waals surface area contributed by atoms with Crippen molar-refractivity contribution in [2.45, 2.75) is 20.8 Å². The minimum Gasteiger partial charge on any atom is -0.427 e. The second-order valence-electron chi connectivity index (χ2n) is 2.07. The molecule has 0 saturated heterocycles. The van der Waals surface area contributed by atoms with Crippen LogP contribution in [0.25, 0.3) is 0 Å². The van der Waals surface area contributed by atoms with Gasteiger partial charge in [-0.05, 0) is 6.92 Å². The van der Waals surface area contributed by atoms with Crippen LogP contribution in [-0.4, -0.2) is 9.97 Å². The summed E-state index contributed by atoms with van der Waals surface area (Å²) in [7, 11) is 0. The molecule has 0 aliphatic carbocycles. The van der Waals surface area contributed by atoms with Gasteiger partial charge in [-0.15, -0.1) is 11.4 Å². The monoisotopic (exact) mass is 210 g/mol. The Morgan fingerprint density at radius 2 is 1.40 bits per heavy atom. The number of nitrogens with zero attached hydrogens (tertiary/aromatic N) is 2. The van der Waals surface area contributed by atoms with E-state index in [1.165, 1.54) is 0 Å². The van der Waals surface area contributed by atoms with Gasteiger partial charge in [0.2, 0.25) is 0 Å². The SMILES string of the molecule is Cc1[c-]c(C)nc(C)n1.[Y+3]. The van der Waals surface area contributed by atoms with Crippen LogP contribution in [0, 0.1) is 26.8 Å². The third kappa shape index (κ3) is 2.85. The zero-order valence-corrected chi connectivity index (χ0v) is 9.31. The molecule has 0 bridgehead atoms. The molecule has 0 aromatic carbocycles. The average Bonchev–Trinajstić information content (AvgIpc) is 1.59. The van der Waals surface area contributed by atoms with Gasteiger partial charge in [0.15, 0.2) is 0 Å². The Labute approximate surface area is 86.3 Å². The van der Waals surface area contributed by atoms with Crippen LogP contribution in [0.3, 0.4) is 0 Å². The Hall–Kier alpha value is 0.184. The Morgan fingerprint density at radius 3 is 1.70 bits per heavy atom. The molecule has 0 saturated carbocycles. The molecular weight excluding hydrogens is 201 g/mol. The minimum atomic E-state index is 0. The van der Waals surface area contributed by atoms with Crippen LogP contribution < -0.4 is 0 Å². The number of aromatic nitrogens is 2. The molecule has 0 spiro atoms. The van der Waals surface area contributed by atoms with Crippen LogP contribution in [0.4, 0.5) is 0 Å². The first-order valence-electron chi connectivity index (χ1n) is 2.89. The molecule has 0 N–H and O–H groups in total. The first-order valence-corrected chi connectivity index (χ1v) is 2.89. The zero-order chi connectivity index (χ0) is 6.85. The molecule has 0 fully saturated rings. The van der Waals surface area contributed by atoms with Crippen molar-refractivity contribution < 1.29 is 32.7 Å². The van der Waals surface area contributed by atoms with E-state index in [0.717, 1.165) is 17.2 Å². The maximum atomic E-state index is 4.07. The van der Waals surface area contributed by atoms with E-state index in [-0.39, 0.29) is 32.7 Å². The molecule has 0 atom stereocenters. The molecule has 0 aliphatic heterocycles. The summed E-state index contributed by atoms with van der Waals surface area (Å²) in [6, 6.07) is 2.99. The van der Waals surface area contributed by atoms with Crippen molar-refractivity contribution in [1.82, 2.24) is 9.97 Å². The Balaban J connectivity index is 0.000000810. The van der Waals surface area contributed by atoms with Gasteiger partial charge in [0.1, 0.15) is 5.82 Å². The van der Waals surface area contributed by atoms with Gasteiger partial charge in [-0.3, -0.25) is 9.97 Å². The van der Waals surface area contributed by atoms with Crippen LogP contribution >= 0.6 is 0 Å². The third-order valence-electron chi connectivity index (χ3n) is 1.02. The largest absolute Gasteiger partial charge is 3.00 e. The van der Waals surface area contributed by atoms with Gasteiger partial charge < -0.3 is 6.07 Å². The molecule has 1 heterocycles. The third-order valence-corrected chi connectivity index (χ3v) is 1.02. The van der Waals surface area contributed by atoms with Gasteiger partial charge in [-0.2, -0.15) is 0 Å². The van der Waals surface area contributed by atoms with E-state index in [0.29, 0.717) is 0 Å². The summed E-state index contributed by atoms with van der Waals surface area (Å²) in [4.78, 5) is 8.14. The first-order chi connectivity index (χ1) is 4.18. The van der Waals surface area contributed by atoms with E-state index in [1.807, 2.05) is 20.8 Å². The molecule has 1 aromatic rings. The van der Waals surface area contributed by atoms with E-state index in [9.17, 15) is 0 Å². The number of rotatable bonds is 0. The Bertz CT molecular complexity index is 172. The van der Waals surface area contributed by atoms with Crippen molar-refractivity contribution in [3.63, 3.8) is 0 Å². The van der Waals surface area contributed by atoms with Gasteiger partial charge in [-0.25, -0.2) is 0 Å². The summed E-state index contributed by atoms with van der Waals surface area (Å²) in [6.07, 6.45) is 0. The van der Waals surface area contributed by atoms with Crippen molar-refractivity contribution in [3.05, 3.63) is 23.3 Å². The molecule has 0 amide bonds. The maximum absolute atomic E-state index is 4.07. The second-order valence-corrected chi connectivity index (χ2v) is 2.07. The zero-order valence-electron chi connectivity index (χ0n) is 6.47. The van der Waals surface area contributed by atoms with E-state index >= 15 is 0 Å². The first kappa shape index (κ1) is 10.2. The predicted octanol–water partition coefficient (Wildman–Crippen LogP) is 1.20. The van der Waals surface area contributed by atoms with E-state index in [2.05, 4.69) is 16.0 Å². The summed E-state index contributed by atoms with van der Waals surface area (Å²) in [5.74, 6) is 0.823. The second kappa shape index (κ2) is 4.14. The molecule has 1 aromatic heterocycles. The van der Waals surface area contributed by atoms with Gasteiger partial charge in [0.05, 0.1) is 0 Å². The molecule has 2 nitrogen and oxygen atoms in total. The van der Waals surface area contributed by atoms with Crippen molar-refractivity contribution in [1.29, 1.82) is 0 Å². The molecule has 0 radical (unpaired) electrons. The van der Waals surface area contributed by atoms with Crippen LogP contribution in [0.1, 0.15) is 17.2 Å². The van der Waals surface area contributed by atoms with Crippen molar-refractivity contribution in [2.24, 2.45) is 0 Å². The molecule has 0 aliphatic rings. The quantitative estimate of drug-likeness (QED) is 0.601. The van der Waals surface area contributed by atoms with Crippen molar-refractivity contribution in [3.8, 4) is 0 Å². The topological polar surface area (TPSA) is 25.8 Å².